The molecule has 30 heavy (non-hydrogen) atoms. The van der Waals surface area contributed by atoms with E-state index in [-0.39, 0.29) is 17.8 Å². The van der Waals surface area contributed by atoms with Crippen LogP contribution < -0.4 is 14.8 Å². The van der Waals surface area contributed by atoms with E-state index in [1.807, 2.05) is 18.2 Å². The molecule has 2 heterocycles. The van der Waals surface area contributed by atoms with Crippen LogP contribution in [0.5, 0.6) is 11.5 Å². The van der Waals surface area contributed by atoms with E-state index in [0.717, 1.165) is 28.1 Å². The maximum atomic E-state index is 12.6. The topological polar surface area (TPSA) is 73.3 Å². The summed E-state index contributed by atoms with van der Waals surface area (Å²) in [5, 5.41) is 4.86. The summed E-state index contributed by atoms with van der Waals surface area (Å²) in [7, 11) is 1.63. The Balaban J connectivity index is 1.43. The van der Waals surface area contributed by atoms with Crippen LogP contribution in [0.1, 0.15) is 36.1 Å². The average Bonchev–Trinajstić information content (AvgIpc) is 3.35. The van der Waals surface area contributed by atoms with Gasteiger partial charge < -0.3 is 14.8 Å². The molecule has 0 unspecified atom stereocenters. The number of anilines is 1. The summed E-state index contributed by atoms with van der Waals surface area (Å²) >= 11 is 3.09. The van der Waals surface area contributed by atoms with Crippen molar-refractivity contribution in [1.29, 1.82) is 0 Å². The number of thiophene rings is 1. The minimum absolute atomic E-state index is 0.0895. The lowest BCUT2D eigenvalue weighted by Gasteiger charge is -2.17. The molecule has 0 atom stereocenters. The van der Waals surface area contributed by atoms with E-state index in [9.17, 15) is 4.79 Å². The van der Waals surface area contributed by atoms with E-state index < -0.39 is 0 Å². The third-order valence-electron chi connectivity index (χ3n) is 5.31. The smallest absolute Gasteiger partial charge is 0.234 e. The monoisotopic (exact) mass is 443 g/mol. The van der Waals surface area contributed by atoms with Gasteiger partial charge in [-0.2, -0.15) is 0 Å². The average molecular weight is 444 g/mol. The predicted octanol–water partition coefficient (Wildman–Crippen LogP) is 5.37. The molecular weight excluding hydrogens is 418 g/mol. The highest BCUT2D eigenvalue weighted by molar-refractivity contribution is 8.00. The number of nitrogens with one attached hydrogen (secondary N) is 1. The van der Waals surface area contributed by atoms with Crippen molar-refractivity contribution in [2.24, 2.45) is 0 Å². The molecule has 0 bridgehead atoms. The number of thioether (sulfide) groups is 1. The third kappa shape index (κ3) is 4.54. The van der Waals surface area contributed by atoms with Crippen LogP contribution in [0.15, 0.2) is 29.6 Å². The highest BCUT2D eigenvalue weighted by Crippen LogP contribution is 2.35. The number of aromatic nitrogens is 2. The minimum Gasteiger partial charge on any atom is -0.493 e. The Labute approximate surface area is 184 Å². The molecule has 158 valence electrons. The number of benzene rings is 1. The summed E-state index contributed by atoms with van der Waals surface area (Å²) in [6.45, 7) is 4.16. The van der Waals surface area contributed by atoms with Crippen LogP contribution >= 0.6 is 23.1 Å². The summed E-state index contributed by atoms with van der Waals surface area (Å²) in [6, 6.07) is 5.51. The molecule has 1 aliphatic rings. The quantitative estimate of drug-likeness (QED) is 0.391. The van der Waals surface area contributed by atoms with Crippen molar-refractivity contribution >= 4 is 44.9 Å². The molecule has 3 aromatic rings. The number of rotatable bonds is 7. The number of amides is 1. The van der Waals surface area contributed by atoms with E-state index >= 15 is 0 Å². The van der Waals surface area contributed by atoms with E-state index in [2.05, 4.69) is 29.1 Å². The van der Waals surface area contributed by atoms with Crippen LogP contribution in [0.25, 0.3) is 10.2 Å². The van der Waals surface area contributed by atoms with Crippen LogP contribution in [0.4, 0.5) is 5.69 Å². The highest BCUT2D eigenvalue weighted by atomic mass is 32.2. The van der Waals surface area contributed by atoms with Crippen molar-refractivity contribution in [2.75, 3.05) is 18.2 Å². The van der Waals surface area contributed by atoms with Crippen molar-refractivity contribution in [2.45, 2.75) is 50.7 Å². The fraction of sp³-hybridized carbons (Fsp3) is 0.409. The molecule has 0 aliphatic heterocycles. The van der Waals surface area contributed by atoms with Crippen molar-refractivity contribution in [3.05, 3.63) is 35.0 Å². The molecule has 0 saturated heterocycles. The van der Waals surface area contributed by atoms with E-state index in [4.69, 9.17) is 9.47 Å². The van der Waals surface area contributed by atoms with E-state index in [1.165, 1.54) is 35.0 Å². The Kier molecular flexibility index (Phi) is 6.43. The molecule has 6 nitrogen and oxygen atoms in total. The van der Waals surface area contributed by atoms with Gasteiger partial charge in [0.05, 0.1) is 19.0 Å². The molecule has 1 saturated carbocycles. The Morgan fingerprint density at radius 3 is 2.80 bits per heavy atom. The first-order chi connectivity index (χ1) is 14.5. The van der Waals surface area contributed by atoms with Crippen molar-refractivity contribution in [3.63, 3.8) is 0 Å². The lowest BCUT2D eigenvalue weighted by atomic mass is 10.2. The zero-order chi connectivity index (χ0) is 21.1. The normalized spacial score (nSPS) is 14.2. The Hall–Kier alpha value is -2.32. The maximum Gasteiger partial charge on any atom is 0.234 e. The lowest BCUT2D eigenvalue weighted by Crippen LogP contribution is -2.15. The second-order valence-electron chi connectivity index (χ2n) is 7.37. The molecular formula is C22H25N3O3S2. The van der Waals surface area contributed by atoms with E-state index in [1.54, 1.807) is 24.8 Å². The molecule has 0 spiro atoms. The third-order valence-corrected chi connectivity index (χ3v) is 7.42. The van der Waals surface area contributed by atoms with Crippen LogP contribution in [-0.4, -0.2) is 34.8 Å². The molecule has 1 aromatic carbocycles. The number of fused-ring (bicyclic) bond motifs is 1. The highest BCUT2D eigenvalue weighted by Gasteiger charge is 2.19. The zero-order valence-corrected chi connectivity index (χ0v) is 19.0. The summed E-state index contributed by atoms with van der Waals surface area (Å²) in [6.07, 6.45) is 6.29. The van der Waals surface area contributed by atoms with Crippen molar-refractivity contribution < 1.29 is 14.3 Å². The van der Waals surface area contributed by atoms with Gasteiger partial charge in [0.1, 0.15) is 16.2 Å². The summed E-state index contributed by atoms with van der Waals surface area (Å²) < 4.78 is 11.5. The second-order valence-corrected chi connectivity index (χ2v) is 9.54. The van der Waals surface area contributed by atoms with Gasteiger partial charge >= 0.3 is 0 Å². The first kappa shape index (κ1) is 20.9. The summed E-state index contributed by atoms with van der Waals surface area (Å²) in [4.78, 5) is 23.5. The molecule has 1 aliphatic carbocycles. The maximum absolute atomic E-state index is 12.6. The van der Waals surface area contributed by atoms with Crippen LogP contribution in [0.3, 0.4) is 0 Å². The molecule has 4 rings (SSSR count). The van der Waals surface area contributed by atoms with Gasteiger partial charge in [0.2, 0.25) is 5.91 Å². The SMILES string of the molecule is COc1ccc(NC(=O)CSc2ncnc3sc(C)c(C)c23)cc1OC1CCCC1. The van der Waals surface area contributed by atoms with Crippen LogP contribution in [0, 0.1) is 13.8 Å². The largest absolute Gasteiger partial charge is 0.493 e. The first-order valence-electron chi connectivity index (χ1n) is 10.0. The van der Waals surface area contributed by atoms with Crippen LogP contribution in [0.2, 0.25) is 0 Å². The Morgan fingerprint density at radius 1 is 1.23 bits per heavy atom. The second kappa shape index (κ2) is 9.22. The zero-order valence-electron chi connectivity index (χ0n) is 17.4. The standard InChI is InChI=1S/C22H25N3O3S2/c1-13-14(2)30-22-20(13)21(23-12-24-22)29-11-19(26)25-15-8-9-17(27-3)18(10-15)28-16-6-4-5-7-16/h8-10,12,16H,4-7,11H2,1-3H3,(H,25,26). The lowest BCUT2D eigenvalue weighted by molar-refractivity contribution is -0.113. The van der Waals surface area contributed by atoms with Gasteiger partial charge in [-0.3, -0.25) is 4.79 Å². The van der Waals surface area contributed by atoms with Gasteiger partial charge in [-0.05, 0) is 57.2 Å². The molecule has 2 aromatic heterocycles. The fourth-order valence-corrected chi connectivity index (χ4v) is 5.54. The predicted molar refractivity (Wildman–Crippen MR) is 122 cm³/mol. The molecule has 0 radical (unpaired) electrons. The van der Waals surface area contributed by atoms with E-state index in [0.29, 0.717) is 17.2 Å². The number of nitrogens with zero attached hydrogens (tertiary/aromatic N) is 2. The number of hydrogen-bond donors (Lipinski definition) is 1. The summed E-state index contributed by atoms with van der Waals surface area (Å²) in [5.41, 5.74) is 1.88. The minimum atomic E-state index is -0.0895. The van der Waals surface area contributed by atoms with Crippen molar-refractivity contribution in [3.8, 4) is 11.5 Å². The Bertz CT molecular complexity index is 1060. The number of methoxy groups -OCH3 is 1. The number of aryl methyl sites for hydroxylation is 2. The summed E-state index contributed by atoms with van der Waals surface area (Å²) in [5.74, 6) is 1.54. The van der Waals surface area contributed by atoms with Gasteiger partial charge in [-0.25, -0.2) is 9.97 Å². The molecule has 1 fully saturated rings. The van der Waals surface area contributed by atoms with Gasteiger partial charge in [0, 0.05) is 22.0 Å². The molecule has 8 heteroatoms. The molecule has 1 N–H and O–H groups in total. The van der Waals surface area contributed by atoms with Gasteiger partial charge in [-0.1, -0.05) is 11.8 Å². The number of ether oxygens (including phenoxy) is 2. The number of carbonyl (C=O) groups excluding carboxylic acids is 1. The Morgan fingerprint density at radius 2 is 2.03 bits per heavy atom. The molecule has 1 amide bonds. The number of hydrogen-bond acceptors (Lipinski definition) is 7. The van der Waals surface area contributed by atoms with Crippen molar-refractivity contribution in [1.82, 2.24) is 9.97 Å². The van der Waals surface area contributed by atoms with Gasteiger partial charge in [0.25, 0.3) is 0 Å². The first-order valence-corrected chi connectivity index (χ1v) is 11.8. The number of carbonyl (C=O) groups is 1. The van der Waals surface area contributed by atoms with Gasteiger partial charge in [-0.15, -0.1) is 11.3 Å². The van der Waals surface area contributed by atoms with Gasteiger partial charge in [0.15, 0.2) is 11.5 Å². The van der Waals surface area contributed by atoms with Crippen LogP contribution in [-0.2, 0) is 4.79 Å². The fourth-order valence-electron chi connectivity index (χ4n) is 3.62.